The summed E-state index contributed by atoms with van der Waals surface area (Å²) in [6.45, 7) is 6.93. The number of thiophene rings is 1. The Morgan fingerprint density at radius 3 is 3.00 bits per heavy atom. The predicted molar refractivity (Wildman–Crippen MR) is 101 cm³/mol. The van der Waals surface area contributed by atoms with Crippen LogP contribution in [0.2, 0.25) is 0 Å². The Kier molecular flexibility index (Phi) is 4.71. The number of pyridine rings is 1. The molecule has 5 nitrogen and oxygen atoms in total. The Labute approximate surface area is 157 Å². The molecule has 1 amide bonds. The molecule has 0 aliphatic carbocycles. The molecule has 0 bridgehead atoms. The van der Waals surface area contributed by atoms with Crippen molar-refractivity contribution in [3.05, 3.63) is 45.9 Å². The fourth-order valence-corrected chi connectivity index (χ4v) is 4.87. The van der Waals surface area contributed by atoms with Crippen LogP contribution >= 0.6 is 11.3 Å². The van der Waals surface area contributed by atoms with Gasteiger partial charge in [-0.3, -0.25) is 9.78 Å². The van der Waals surface area contributed by atoms with Crippen molar-refractivity contribution in [3.63, 3.8) is 0 Å². The van der Waals surface area contributed by atoms with E-state index in [1.54, 1.807) is 23.7 Å². The van der Waals surface area contributed by atoms with Crippen molar-refractivity contribution in [2.45, 2.75) is 32.3 Å². The molecule has 2 aromatic heterocycles. The van der Waals surface area contributed by atoms with Gasteiger partial charge in [0.15, 0.2) is 0 Å². The number of ether oxygens (including phenoxy) is 2. The summed E-state index contributed by atoms with van der Waals surface area (Å²) in [5.41, 5.74) is 1.02. The van der Waals surface area contributed by atoms with Gasteiger partial charge in [-0.15, -0.1) is 11.3 Å². The molecular formula is C20H24N2O3S. The summed E-state index contributed by atoms with van der Waals surface area (Å²) in [5.74, 6) is 1.38. The number of carbonyl (C=O) groups is 1. The second-order valence-electron chi connectivity index (χ2n) is 7.24. The van der Waals surface area contributed by atoms with E-state index in [-0.39, 0.29) is 11.5 Å². The summed E-state index contributed by atoms with van der Waals surface area (Å²) in [6.07, 6.45) is 5.45. The Morgan fingerprint density at radius 2 is 2.31 bits per heavy atom. The molecule has 1 spiro atoms. The lowest BCUT2D eigenvalue weighted by Crippen LogP contribution is -2.66. The number of nitrogens with zero attached hydrogens (tertiary/aromatic N) is 2. The highest BCUT2D eigenvalue weighted by molar-refractivity contribution is 7.14. The maximum Gasteiger partial charge on any atom is 0.264 e. The van der Waals surface area contributed by atoms with Crippen molar-refractivity contribution in [1.82, 2.24) is 9.88 Å². The van der Waals surface area contributed by atoms with Gasteiger partial charge in [-0.2, -0.15) is 0 Å². The maximum absolute atomic E-state index is 12.7. The van der Waals surface area contributed by atoms with Crippen LogP contribution in [0.1, 0.15) is 33.0 Å². The van der Waals surface area contributed by atoms with Gasteiger partial charge in [0, 0.05) is 17.7 Å². The predicted octanol–water partition coefficient (Wildman–Crippen LogP) is 3.46. The van der Waals surface area contributed by atoms with Crippen molar-refractivity contribution in [2.75, 3.05) is 26.3 Å². The smallest absolute Gasteiger partial charge is 0.264 e. The zero-order valence-corrected chi connectivity index (χ0v) is 16.1. The standard InChI is InChI=1S/C20H24N2O3S/c1-14-10-18(26-15(14)2)19(23)22-12-20(13-22)16(6-9-25-20)5-8-24-17-4-3-7-21-11-17/h3-4,7,10-11,16H,5-6,8-9,12-13H2,1-2H3. The highest BCUT2D eigenvalue weighted by atomic mass is 32.1. The van der Waals surface area contributed by atoms with Crippen molar-refractivity contribution in [2.24, 2.45) is 5.92 Å². The largest absolute Gasteiger partial charge is 0.492 e. The molecule has 1 atom stereocenters. The number of likely N-dealkylation sites (tertiary alicyclic amines) is 1. The van der Waals surface area contributed by atoms with Crippen LogP contribution in [0.15, 0.2) is 30.6 Å². The first-order chi connectivity index (χ1) is 12.6. The van der Waals surface area contributed by atoms with E-state index in [0.29, 0.717) is 25.6 Å². The minimum Gasteiger partial charge on any atom is -0.492 e. The molecule has 4 rings (SSSR count). The van der Waals surface area contributed by atoms with Crippen LogP contribution < -0.4 is 4.74 Å². The molecule has 2 aliphatic rings. The Balaban J connectivity index is 1.32. The van der Waals surface area contributed by atoms with Crippen molar-refractivity contribution >= 4 is 17.2 Å². The van der Waals surface area contributed by atoms with Gasteiger partial charge in [0.25, 0.3) is 5.91 Å². The second-order valence-corrected chi connectivity index (χ2v) is 8.49. The molecule has 0 radical (unpaired) electrons. The quantitative estimate of drug-likeness (QED) is 0.807. The lowest BCUT2D eigenvalue weighted by molar-refractivity contribution is -0.119. The van der Waals surface area contributed by atoms with E-state index >= 15 is 0 Å². The van der Waals surface area contributed by atoms with Crippen LogP contribution in [0.5, 0.6) is 5.75 Å². The number of aromatic nitrogens is 1. The van der Waals surface area contributed by atoms with Gasteiger partial charge in [-0.05, 0) is 56.4 Å². The summed E-state index contributed by atoms with van der Waals surface area (Å²) in [6, 6.07) is 5.80. The van der Waals surface area contributed by atoms with E-state index in [1.165, 1.54) is 10.4 Å². The van der Waals surface area contributed by atoms with Crippen LogP contribution in [0.4, 0.5) is 0 Å². The molecule has 2 aromatic rings. The topological polar surface area (TPSA) is 51.7 Å². The minimum absolute atomic E-state index is 0.137. The minimum atomic E-state index is -0.171. The molecule has 138 valence electrons. The van der Waals surface area contributed by atoms with Crippen LogP contribution in [-0.2, 0) is 4.74 Å². The van der Waals surface area contributed by atoms with Gasteiger partial charge in [0.2, 0.25) is 0 Å². The first kappa shape index (κ1) is 17.5. The van der Waals surface area contributed by atoms with E-state index in [0.717, 1.165) is 30.1 Å². The van der Waals surface area contributed by atoms with Crippen molar-refractivity contribution in [1.29, 1.82) is 0 Å². The normalized spacial score (nSPS) is 21.0. The highest BCUT2D eigenvalue weighted by Crippen LogP contribution is 2.42. The number of carbonyl (C=O) groups excluding carboxylic acids is 1. The lowest BCUT2D eigenvalue weighted by Gasteiger charge is -2.50. The van der Waals surface area contributed by atoms with E-state index in [2.05, 4.69) is 18.8 Å². The highest BCUT2D eigenvalue weighted by Gasteiger charge is 2.54. The third-order valence-corrected chi connectivity index (χ3v) is 6.69. The summed E-state index contributed by atoms with van der Waals surface area (Å²) < 4.78 is 11.9. The molecule has 1 unspecified atom stereocenters. The summed E-state index contributed by atoms with van der Waals surface area (Å²) >= 11 is 1.59. The zero-order valence-electron chi connectivity index (χ0n) is 15.2. The van der Waals surface area contributed by atoms with Gasteiger partial charge >= 0.3 is 0 Å². The van der Waals surface area contributed by atoms with E-state index in [1.807, 2.05) is 23.1 Å². The third-order valence-electron chi connectivity index (χ3n) is 5.55. The Hall–Kier alpha value is -1.92. The Morgan fingerprint density at radius 1 is 1.46 bits per heavy atom. The van der Waals surface area contributed by atoms with Gasteiger partial charge in [-0.1, -0.05) is 0 Å². The molecule has 0 saturated carbocycles. The van der Waals surface area contributed by atoms with Crippen LogP contribution in [0.25, 0.3) is 0 Å². The monoisotopic (exact) mass is 372 g/mol. The third kappa shape index (κ3) is 3.23. The first-order valence-electron chi connectivity index (χ1n) is 9.10. The molecule has 2 fully saturated rings. The Bertz CT molecular complexity index is 764. The fraction of sp³-hybridized carbons (Fsp3) is 0.500. The molecule has 0 N–H and O–H groups in total. The summed E-state index contributed by atoms with van der Waals surface area (Å²) in [4.78, 5) is 20.7. The van der Waals surface area contributed by atoms with E-state index in [4.69, 9.17) is 9.47 Å². The van der Waals surface area contributed by atoms with Gasteiger partial charge in [0.05, 0.1) is 30.8 Å². The average molecular weight is 372 g/mol. The molecule has 2 aliphatic heterocycles. The average Bonchev–Trinajstić information content (AvgIpc) is 3.18. The van der Waals surface area contributed by atoms with Gasteiger partial charge in [0.1, 0.15) is 11.4 Å². The molecule has 0 aromatic carbocycles. The SMILES string of the molecule is Cc1cc(C(=O)N2CC3(C2)OCCC3CCOc2cccnc2)sc1C. The number of amides is 1. The molecule has 4 heterocycles. The second kappa shape index (κ2) is 7.00. The number of hydrogen-bond donors (Lipinski definition) is 0. The van der Waals surface area contributed by atoms with Gasteiger partial charge < -0.3 is 14.4 Å². The lowest BCUT2D eigenvalue weighted by atomic mass is 9.79. The van der Waals surface area contributed by atoms with Crippen LogP contribution in [0.3, 0.4) is 0 Å². The van der Waals surface area contributed by atoms with Crippen LogP contribution in [0, 0.1) is 19.8 Å². The molecule has 6 heteroatoms. The number of rotatable bonds is 5. The van der Waals surface area contributed by atoms with Gasteiger partial charge in [-0.25, -0.2) is 0 Å². The van der Waals surface area contributed by atoms with Crippen LogP contribution in [-0.4, -0.2) is 47.7 Å². The summed E-state index contributed by atoms with van der Waals surface area (Å²) in [7, 11) is 0. The van der Waals surface area contributed by atoms with E-state index in [9.17, 15) is 4.79 Å². The van der Waals surface area contributed by atoms with E-state index < -0.39 is 0 Å². The zero-order chi connectivity index (χ0) is 18.1. The number of hydrogen-bond acceptors (Lipinski definition) is 5. The summed E-state index contributed by atoms with van der Waals surface area (Å²) in [5, 5.41) is 0. The molecule has 26 heavy (non-hydrogen) atoms. The maximum atomic E-state index is 12.7. The van der Waals surface area contributed by atoms with Crippen molar-refractivity contribution < 1.29 is 14.3 Å². The van der Waals surface area contributed by atoms with Crippen molar-refractivity contribution in [3.8, 4) is 5.75 Å². The fourth-order valence-electron chi connectivity index (χ4n) is 3.87. The number of aryl methyl sites for hydroxylation is 2. The molecular weight excluding hydrogens is 348 g/mol. The molecule has 2 saturated heterocycles. The first-order valence-corrected chi connectivity index (χ1v) is 9.92.